The SMILES string of the molecule is CC1CCCC(C)N1C(=O)c1cccc(N)c1[N+](=O)[O-]. The molecule has 2 atom stereocenters. The molecule has 1 aromatic rings. The van der Waals surface area contributed by atoms with Crippen molar-refractivity contribution in [1.82, 2.24) is 4.90 Å². The third-order valence-corrected chi connectivity index (χ3v) is 3.91. The van der Waals surface area contributed by atoms with Gasteiger partial charge in [0.2, 0.25) is 0 Å². The van der Waals surface area contributed by atoms with Crippen molar-refractivity contribution in [2.45, 2.75) is 45.2 Å². The number of rotatable bonds is 2. The van der Waals surface area contributed by atoms with Gasteiger partial charge in [-0.05, 0) is 45.2 Å². The van der Waals surface area contributed by atoms with Crippen molar-refractivity contribution >= 4 is 17.3 Å². The summed E-state index contributed by atoms with van der Waals surface area (Å²) in [5.74, 6) is -0.302. The molecule has 1 heterocycles. The van der Waals surface area contributed by atoms with Gasteiger partial charge in [0.05, 0.1) is 4.92 Å². The summed E-state index contributed by atoms with van der Waals surface area (Å²) in [6, 6.07) is 4.68. The Hall–Kier alpha value is -2.11. The molecule has 2 rings (SSSR count). The van der Waals surface area contributed by atoms with E-state index in [-0.39, 0.29) is 34.9 Å². The van der Waals surface area contributed by atoms with Crippen LogP contribution in [-0.2, 0) is 0 Å². The van der Waals surface area contributed by atoms with Crippen LogP contribution in [0.4, 0.5) is 11.4 Å². The molecule has 0 aromatic heterocycles. The number of piperidine rings is 1. The molecule has 6 nitrogen and oxygen atoms in total. The van der Waals surface area contributed by atoms with E-state index >= 15 is 0 Å². The summed E-state index contributed by atoms with van der Waals surface area (Å²) >= 11 is 0. The monoisotopic (exact) mass is 277 g/mol. The lowest BCUT2D eigenvalue weighted by Gasteiger charge is -2.39. The van der Waals surface area contributed by atoms with E-state index in [0.717, 1.165) is 19.3 Å². The molecule has 108 valence electrons. The second kappa shape index (κ2) is 5.48. The van der Waals surface area contributed by atoms with Gasteiger partial charge in [0, 0.05) is 12.1 Å². The van der Waals surface area contributed by atoms with Crippen LogP contribution in [0, 0.1) is 10.1 Å². The third-order valence-electron chi connectivity index (χ3n) is 3.91. The quantitative estimate of drug-likeness (QED) is 0.511. The van der Waals surface area contributed by atoms with Gasteiger partial charge in [-0.15, -0.1) is 0 Å². The molecule has 1 saturated heterocycles. The van der Waals surface area contributed by atoms with Gasteiger partial charge in [0.1, 0.15) is 11.3 Å². The van der Waals surface area contributed by atoms with E-state index in [2.05, 4.69) is 0 Å². The average molecular weight is 277 g/mol. The van der Waals surface area contributed by atoms with E-state index in [0.29, 0.717) is 0 Å². The fourth-order valence-corrected chi connectivity index (χ4v) is 2.90. The van der Waals surface area contributed by atoms with Crippen molar-refractivity contribution in [2.75, 3.05) is 5.73 Å². The molecule has 0 spiro atoms. The van der Waals surface area contributed by atoms with Crippen LogP contribution in [0.2, 0.25) is 0 Å². The predicted octanol–water partition coefficient (Wildman–Crippen LogP) is 2.58. The second-order valence-electron chi connectivity index (χ2n) is 5.34. The molecule has 2 unspecified atom stereocenters. The number of nitrogens with zero attached hydrogens (tertiary/aromatic N) is 2. The topological polar surface area (TPSA) is 89.5 Å². The highest BCUT2D eigenvalue weighted by molar-refractivity contribution is 6.00. The lowest BCUT2D eigenvalue weighted by atomic mass is 9.96. The number of nitrogens with two attached hydrogens (primary N) is 1. The highest BCUT2D eigenvalue weighted by Gasteiger charge is 2.33. The lowest BCUT2D eigenvalue weighted by molar-refractivity contribution is -0.384. The number of hydrogen-bond donors (Lipinski definition) is 1. The number of nitro benzene ring substituents is 1. The van der Waals surface area contributed by atoms with E-state index in [1.54, 1.807) is 11.0 Å². The van der Waals surface area contributed by atoms with Crippen LogP contribution >= 0.6 is 0 Å². The Balaban J connectivity index is 2.43. The molecule has 1 aliphatic heterocycles. The van der Waals surface area contributed by atoms with Crippen LogP contribution in [0.15, 0.2) is 18.2 Å². The van der Waals surface area contributed by atoms with Gasteiger partial charge in [-0.1, -0.05) is 6.07 Å². The van der Waals surface area contributed by atoms with Crippen LogP contribution < -0.4 is 5.73 Å². The minimum absolute atomic E-state index is 0.0261. The Morgan fingerprint density at radius 2 is 1.95 bits per heavy atom. The standard InChI is InChI=1S/C14H19N3O3/c1-9-5-3-6-10(2)16(9)14(18)11-7-4-8-12(15)13(11)17(19)20/h4,7-10H,3,5-6,15H2,1-2H3. The summed E-state index contributed by atoms with van der Waals surface area (Å²) in [4.78, 5) is 25.0. The number of nitrogen functional groups attached to an aromatic ring is 1. The minimum Gasteiger partial charge on any atom is -0.393 e. The lowest BCUT2D eigenvalue weighted by Crippen LogP contribution is -2.47. The fraction of sp³-hybridized carbons (Fsp3) is 0.500. The molecule has 20 heavy (non-hydrogen) atoms. The molecular formula is C14H19N3O3. The van der Waals surface area contributed by atoms with E-state index in [1.165, 1.54) is 12.1 Å². The van der Waals surface area contributed by atoms with Gasteiger partial charge in [-0.25, -0.2) is 0 Å². The molecule has 0 saturated carbocycles. The first-order valence-corrected chi connectivity index (χ1v) is 6.79. The zero-order valence-electron chi connectivity index (χ0n) is 11.7. The van der Waals surface area contributed by atoms with Crippen molar-refractivity contribution in [3.05, 3.63) is 33.9 Å². The molecule has 1 amide bonds. The average Bonchev–Trinajstić information content (AvgIpc) is 2.37. The van der Waals surface area contributed by atoms with Crippen molar-refractivity contribution in [2.24, 2.45) is 0 Å². The van der Waals surface area contributed by atoms with Crippen LogP contribution in [0.3, 0.4) is 0 Å². The molecule has 6 heteroatoms. The Morgan fingerprint density at radius 3 is 2.50 bits per heavy atom. The molecule has 0 bridgehead atoms. The highest BCUT2D eigenvalue weighted by atomic mass is 16.6. The molecular weight excluding hydrogens is 258 g/mol. The number of anilines is 1. The van der Waals surface area contributed by atoms with Gasteiger partial charge in [-0.3, -0.25) is 14.9 Å². The first kappa shape index (κ1) is 14.3. The molecule has 1 aliphatic rings. The molecule has 0 aliphatic carbocycles. The summed E-state index contributed by atoms with van der Waals surface area (Å²) in [6.07, 6.45) is 2.92. The summed E-state index contributed by atoms with van der Waals surface area (Å²) in [5, 5.41) is 11.1. The Bertz CT molecular complexity index is 534. The Morgan fingerprint density at radius 1 is 1.35 bits per heavy atom. The maximum absolute atomic E-state index is 12.7. The highest BCUT2D eigenvalue weighted by Crippen LogP contribution is 2.30. The summed E-state index contributed by atoms with van der Waals surface area (Å²) < 4.78 is 0. The van der Waals surface area contributed by atoms with E-state index in [9.17, 15) is 14.9 Å². The normalized spacial score (nSPS) is 22.6. The van der Waals surface area contributed by atoms with Gasteiger partial charge >= 0.3 is 5.69 Å². The second-order valence-corrected chi connectivity index (χ2v) is 5.34. The van der Waals surface area contributed by atoms with Crippen LogP contribution in [-0.4, -0.2) is 27.8 Å². The Labute approximate surface area is 117 Å². The van der Waals surface area contributed by atoms with Crippen molar-refractivity contribution in [3.8, 4) is 0 Å². The number of hydrogen-bond acceptors (Lipinski definition) is 4. The number of amides is 1. The van der Waals surface area contributed by atoms with Gasteiger partial charge in [0.25, 0.3) is 5.91 Å². The summed E-state index contributed by atoms with van der Waals surface area (Å²) in [7, 11) is 0. The van der Waals surface area contributed by atoms with Crippen molar-refractivity contribution in [1.29, 1.82) is 0 Å². The first-order valence-electron chi connectivity index (χ1n) is 6.79. The summed E-state index contributed by atoms with van der Waals surface area (Å²) in [5.41, 5.74) is 5.46. The maximum atomic E-state index is 12.7. The van der Waals surface area contributed by atoms with Gasteiger partial charge < -0.3 is 10.6 Å². The van der Waals surface area contributed by atoms with E-state index in [1.807, 2.05) is 13.8 Å². The summed E-state index contributed by atoms with van der Waals surface area (Å²) in [6.45, 7) is 3.96. The zero-order valence-corrected chi connectivity index (χ0v) is 11.7. The van der Waals surface area contributed by atoms with Crippen molar-refractivity contribution in [3.63, 3.8) is 0 Å². The smallest absolute Gasteiger partial charge is 0.304 e. The van der Waals surface area contributed by atoms with Gasteiger partial charge in [0.15, 0.2) is 0 Å². The maximum Gasteiger partial charge on any atom is 0.304 e. The van der Waals surface area contributed by atoms with Crippen LogP contribution in [0.5, 0.6) is 0 Å². The number of carbonyl (C=O) groups excluding carboxylic acids is 1. The Kier molecular flexibility index (Phi) is 3.92. The molecule has 0 radical (unpaired) electrons. The number of carbonyl (C=O) groups is 1. The molecule has 2 N–H and O–H groups in total. The molecule has 1 fully saturated rings. The fourth-order valence-electron chi connectivity index (χ4n) is 2.90. The molecule has 1 aromatic carbocycles. The minimum atomic E-state index is -0.582. The number of benzene rings is 1. The number of likely N-dealkylation sites (tertiary alicyclic amines) is 1. The predicted molar refractivity (Wildman–Crippen MR) is 76.5 cm³/mol. The van der Waals surface area contributed by atoms with E-state index in [4.69, 9.17) is 5.73 Å². The third kappa shape index (κ3) is 2.45. The number of nitro groups is 1. The number of para-hydroxylation sites is 1. The largest absolute Gasteiger partial charge is 0.393 e. The van der Waals surface area contributed by atoms with Gasteiger partial charge in [-0.2, -0.15) is 0 Å². The van der Waals surface area contributed by atoms with Crippen LogP contribution in [0.25, 0.3) is 0 Å². The van der Waals surface area contributed by atoms with Crippen molar-refractivity contribution < 1.29 is 9.72 Å². The van der Waals surface area contributed by atoms with Crippen LogP contribution in [0.1, 0.15) is 43.5 Å². The zero-order chi connectivity index (χ0) is 14.9. The first-order chi connectivity index (χ1) is 9.43. The van der Waals surface area contributed by atoms with E-state index < -0.39 is 4.92 Å².